The van der Waals surface area contributed by atoms with E-state index in [0.29, 0.717) is 22.5 Å². The van der Waals surface area contributed by atoms with Gasteiger partial charge in [0.1, 0.15) is 5.82 Å². The summed E-state index contributed by atoms with van der Waals surface area (Å²) in [6, 6.07) is 13.6. The Kier molecular flexibility index (Phi) is 3.35. The standard InChI is InChI=1S/C18H13FN4O/c19-14-4-2-1-3-13(14)17-16(10-21-23-17)22-18(24)12-5-6-15-11(9-12)7-8-20-15/h1-10,20H,(H,21,23)(H,22,24). The predicted octanol–water partition coefficient (Wildman–Crippen LogP) is 3.95. The summed E-state index contributed by atoms with van der Waals surface area (Å²) in [5, 5.41) is 10.4. The number of hydrogen-bond acceptors (Lipinski definition) is 2. The van der Waals surface area contributed by atoms with Gasteiger partial charge < -0.3 is 10.3 Å². The largest absolute Gasteiger partial charge is 0.361 e. The van der Waals surface area contributed by atoms with Crippen molar-refractivity contribution >= 4 is 22.5 Å². The van der Waals surface area contributed by atoms with Crippen LogP contribution in [-0.2, 0) is 0 Å². The third-order valence-corrected chi connectivity index (χ3v) is 3.85. The van der Waals surface area contributed by atoms with Crippen LogP contribution in [0.3, 0.4) is 0 Å². The molecule has 4 aromatic rings. The van der Waals surface area contributed by atoms with Crippen molar-refractivity contribution in [3.8, 4) is 11.3 Å². The molecule has 0 aliphatic carbocycles. The Morgan fingerprint density at radius 2 is 2.00 bits per heavy atom. The Labute approximate surface area is 136 Å². The number of carbonyl (C=O) groups is 1. The number of anilines is 1. The number of aromatic amines is 2. The second kappa shape index (κ2) is 5.66. The number of nitrogens with zero attached hydrogens (tertiary/aromatic N) is 1. The van der Waals surface area contributed by atoms with Crippen molar-refractivity contribution in [3.63, 3.8) is 0 Å². The molecule has 0 fully saturated rings. The number of H-pyrrole nitrogens is 2. The minimum absolute atomic E-state index is 0.280. The van der Waals surface area contributed by atoms with Crippen molar-refractivity contribution in [1.29, 1.82) is 0 Å². The molecule has 1 amide bonds. The van der Waals surface area contributed by atoms with Crippen LogP contribution in [0.2, 0.25) is 0 Å². The van der Waals surface area contributed by atoms with Crippen LogP contribution < -0.4 is 5.32 Å². The molecule has 24 heavy (non-hydrogen) atoms. The van der Waals surface area contributed by atoms with Crippen molar-refractivity contribution in [1.82, 2.24) is 15.2 Å². The van der Waals surface area contributed by atoms with Crippen LogP contribution >= 0.6 is 0 Å². The zero-order valence-electron chi connectivity index (χ0n) is 12.5. The summed E-state index contributed by atoms with van der Waals surface area (Å²) in [5.74, 6) is -0.664. The molecule has 0 saturated heterocycles. The fourth-order valence-electron chi connectivity index (χ4n) is 2.64. The van der Waals surface area contributed by atoms with Crippen molar-refractivity contribution in [2.45, 2.75) is 0 Å². The van der Waals surface area contributed by atoms with Gasteiger partial charge in [-0.1, -0.05) is 12.1 Å². The van der Waals surface area contributed by atoms with Crippen LogP contribution in [0.4, 0.5) is 10.1 Å². The lowest BCUT2D eigenvalue weighted by Crippen LogP contribution is -2.12. The van der Waals surface area contributed by atoms with Gasteiger partial charge in [-0.15, -0.1) is 0 Å². The van der Waals surface area contributed by atoms with Crippen LogP contribution in [0, 0.1) is 5.82 Å². The van der Waals surface area contributed by atoms with E-state index >= 15 is 0 Å². The molecule has 5 nitrogen and oxygen atoms in total. The highest BCUT2D eigenvalue weighted by molar-refractivity contribution is 6.07. The molecule has 0 aliphatic rings. The quantitative estimate of drug-likeness (QED) is 0.535. The van der Waals surface area contributed by atoms with E-state index in [2.05, 4.69) is 20.5 Å². The van der Waals surface area contributed by atoms with E-state index in [0.717, 1.165) is 10.9 Å². The van der Waals surface area contributed by atoms with Crippen molar-refractivity contribution in [3.05, 3.63) is 72.3 Å². The Morgan fingerprint density at radius 3 is 2.88 bits per heavy atom. The molecule has 4 rings (SSSR count). The Bertz CT molecular complexity index is 1030. The molecule has 0 saturated carbocycles. The molecule has 3 N–H and O–H groups in total. The third-order valence-electron chi connectivity index (χ3n) is 3.85. The molecule has 6 heteroatoms. The molecule has 0 bridgehead atoms. The second-order valence-electron chi connectivity index (χ2n) is 5.37. The average molecular weight is 320 g/mol. The van der Waals surface area contributed by atoms with Gasteiger partial charge in [0.2, 0.25) is 0 Å². The number of amides is 1. The van der Waals surface area contributed by atoms with E-state index < -0.39 is 0 Å². The number of benzene rings is 2. The van der Waals surface area contributed by atoms with Gasteiger partial charge in [0.15, 0.2) is 0 Å². The summed E-state index contributed by atoms with van der Waals surface area (Å²) < 4.78 is 14.0. The van der Waals surface area contributed by atoms with Crippen molar-refractivity contribution in [2.24, 2.45) is 0 Å². The van der Waals surface area contributed by atoms with E-state index in [1.807, 2.05) is 18.3 Å². The topological polar surface area (TPSA) is 73.6 Å². The maximum Gasteiger partial charge on any atom is 0.255 e. The fourth-order valence-corrected chi connectivity index (χ4v) is 2.64. The molecular formula is C18H13FN4O. The summed E-state index contributed by atoms with van der Waals surface area (Å²) in [7, 11) is 0. The van der Waals surface area contributed by atoms with Gasteiger partial charge >= 0.3 is 0 Å². The highest BCUT2D eigenvalue weighted by atomic mass is 19.1. The molecule has 2 aromatic heterocycles. The van der Waals surface area contributed by atoms with Crippen LogP contribution in [0.15, 0.2) is 60.9 Å². The van der Waals surface area contributed by atoms with Crippen molar-refractivity contribution in [2.75, 3.05) is 5.32 Å². The average Bonchev–Trinajstić information content (AvgIpc) is 3.23. The second-order valence-corrected chi connectivity index (χ2v) is 5.37. The van der Waals surface area contributed by atoms with E-state index in [1.54, 1.807) is 30.3 Å². The Balaban J connectivity index is 1.65. The first-order valence-electron chi connectivity index (χ1n) is 7.39. The van der Waals surface area contributed by atoms with Gasteiger partial charge in [0.05, 0.1) is 17.6 Å². The van der Waals surface area contributed by atoms with Crippen LogP contribution in [0.5, 0.6) is 0 Å². The van der Waals surface area contributed by atoms with Crippen LogP contribution in [0.25, 0.3) is 22.2 Å². The minimum atomic E-state index is -0.383. The maximum absolute atomic E-state index is 14.0. The van der Waals surface area contributed by atoms with Gasteiger partial charge in [-0.25, -0.2) is 4.39 Å². The Hall–Kier alpha value is -3.41. The summed E-state index contributed by atoms with van der Waals surface area (Å²) in [5.41, 5.74) is 2.69. The minimum Gasteiger partial charge on any atom is -0.361 e. The van der Waals surface area contributed by atoms with E-state index in [4.69, 9.17) is 0 Å². The number of fused-ring (bicyclic) bond motifs is 1. The zero-order valence-corrected chi connectivity index (χ0v) is 12.5. The van der Waals surface area contributed by atoms with E-state index in [9.17, 15) is 9.18 Å². The monoisotopic (exact) mass is 320 g/mol. The number of halogens is 1. The molecule has 0 radical (unpaired) electrons. The molecule has 0 unspecified atom stereocenters. The molecule has 2 aromatic carbocycles. The van der Waals surface area contributed by atoms with Gasteiger partial charge in [-0.05, 0) is 36.4 Å². The lowest BCUT2D eigenvalue weighted by molar-refractivity contribution is 0.102. The Morgan fingerprint density at radius 1 is 1.12 bits per heavy atom. The predicted molar refractivity (Wildman–Crippen MR) is 90.2 cm³/mol. The van der Waals surface area contributed by atoms with Crippen LogP contribution in [0.1, 0.15) is 10.4 Å². The van der Waals surface area contributed by atoms with Gasteiger partial charge in [0, 0.05) is 28.2 Å². The molecular weight excluding hydrogens is 307 g/mol. The first kappa shape index (κ1) is 14.2. The summed E-state index contributed by atoms with van der Waals surface area (Å²) in [4.78, 5) is 15.6. The summed E-state index contributed by atoms with van der Waals surface area (Å²) in [6.07, 6.45) is 3.28. The normalized spacial score (nSPS) is 10.9. The summed E-state index contributed by atoms with van der Waals surface area (Å²) >= 11 is 0. The SMILES string of the molecule is O=C(Nc1cn[nH]c1-c1ccccc1F)c1ccc2[nH]ccc2c1. The molecule has 0 spiro atoms. The first-order chi connectivity index (χ1) is 11.7. The number of aromatic nitrogens is 3. The van der Waals surface area contributed by atoms with Gasteiger partial charge in [0.25, 0.3) is 5.91 Å². The highest BCUT2D eigenvalue weighted by Gasteiger charge is 2.15. The van der Waals surface area contributed by atoms with Crippen LogP contribution in [-0.4, -0.2) is 21.1 Å². The zero-order chi connectivity index (χ0) is 16.5. The molecule has 0 atom stereocenters. The molecule has 118 valence electrons. The van der Waals surface area contributed by atoms with Gasteiger partial charge in [-0.3, -0.25) is 9.89 Å². The fraction of sp³-hybridized carbons (Fsp3) is 0. The molecule has 0 aliphatic heterocycles. The lowest BCUT2D eigenvalue weighted by atomic mass is 10.1. The van der Waals surface area contributed by atoms with E-state index in [1.165, 1.54) is 12.3 Å². The number of nitrogens with one attached hydrogen (secondary N) is 3. The third kappa shape index (κ3) is 2.44. The van der Waals surface area contributed by atoms with Crippen molar-refractivity contribution < 1.29 is 9.18 Å². The number of hydrogen-bond donors (Lipinski definition) is 3. The lowest BCUT2D eigenvalue weighted by Gasteiger charge is -2.07. The first-order valence-corrected chi connectivity index (χ1v) is 7.39. The number of carbonyl (C=O) groups excluding carboxylic acids is 1. The molecule has 2 heterocycles. The van der Waals surface area contributed by atoms with Gasteiger partial charge in [-0.2, -0.15) is 5.10 Å². The highest BCUT2D eigenvalue weighted by Crippen LogP contribution is 2.28. The smallest absolute Gasteiger partial charge is 0.255 e. The van der Waals surface area contributed by atoms with E-state index in [-0.39, 0.29) is 11.7 Å². The summed E-state index contributed by atoms with van der Waals surface area (Å²) in [6.45, 7) is 0. The number of rotatable bonds is 3. The maximum atomic E-state index is 14.0.